The van der Waals surface area contributed by atoms with Crippen molar-refractivity contribution in [1.29, 1.82) is 0 Å². The maximum atomic E-state index is 2.38. The lowest BCUT2D eigenvalue weighted by Crippen LogP contribution is -1.93. The van der Waals surface area contributed by atoms with Crippen LogP contribution < -0.4 is 0 Å². The van der Waals surface area contributed by atoms with Gasteiger partial charge in [0.25, 0.3) is 0 Å². The molecule has 1 heterocycles. The molecule has 0 atom stereocenters. The van der Waals surface area contributed by atoms with E-state index in [9.17, 15) is 0 Å². The molecule has 0 aliphatic heterocycles. The number of rotatable bonds is 2. The van der Waals surface area contributed by atoms with Crippen LogP contribution in [0.25, 0.3) is 27.5 Å². The van der Waals surface area contributed by atoms with Crippen molar-refractivity contribution in [3.05, 3.63) is 77.9 Å². The minimum Gasteiger partial charge on any atom is -0.309 e. The van der Waals surface area contributed by atoms with Crippen LogP contribution in [0, 0.1) is 6.92 Å². The van der Waals surface area contributed by atoms with Crippen LogP contribution in [0.2, 0.25) is 0 Å². The highest BCUT2D eigenvalue weighted by Crippen LogP contribution is 2.35. The summed E-state index contributed by atoms with van der Waals surface area (Å²) < 4.78 is 2.38. The molecule has 0 spiro atoms. The van der Waals surface area contributed by atoms with Crippen LogP contribution in [0.4, 0.5) is 0 Å². The second-order valence-electron chi connectivity index (χ2n) is 6.57. The Bertz CT molecular complexity index is 991. The summed E-state index contributed by atoms with van der Waals surface area (Å²) in [6, 6.07) is 24.1. The number of aryl methyl sites for hydroxylation is 1. The fourth-order valence-electron chi connectivity index (χ4n) is 3.48. The summed E-state index contributed by atoms with van der Waals surface area (Å²) in [4.78, 5) is 0. The van der Waals surface area contributed by atoms with Gasteiger partial charge in [-0.3, -0.25) is 0 Å². The Morgan fingerprint density at radius 1 is 0.783 bits per heavy atom. The average Bonchev–Trinajstić information content (AvgIpc) is 2.90. The van der Waals surface area contributed by atoms with Gasteiger partial charge < -0.3 is 4.57 Å². The summed E-state index contributed by atoms with van der Waals surface area (Å²) in [5, 5.41) is 2.72. The van der Waals surface area contributed by atoms with Crippen LogP contribution in [-0.4, -0.2) is 4.57 Å². The Morgan fingerprint density at radius 2 is 1.57 bits per heavy atom. The van der Waals surface area contributed by atoms with Crippen molar-refractivity contribution in [2.45, 2.75) is 26.7 Å². The first-order chi connectivity index (χ1) is 11.2. The van der Waals surface area contributed by atoms with Crippen LogP contribution in [-0.2, 0) is 0 Å². The summed E-state index contributed by atoms with van der Waals surface area (Å²) in [5.74, 6) is 0.540. The molecule has 1 aromatic heterocycles. The van der Waals surface area contributed by atoms with Crippen molar-refractivity contribution >= 4 is 21.8 Å². The van der Waals surface area contributed by atoms with Gasteiger partial charge in [-0.1, -0.05) is 50.2 Å². The van der Waals surface area contributed by atoms with Crippen molar-refractivity contribution < 1.29 is 0 Å². The third-order valence-electron chi connectivity index (χ3n) is 4.70. The van der Waals surface area contributed by atoms with Crippen LogP contribution in [0.1, 0.15) is 30.9 Å². The SMILES string of the molecule is Cc1cccc2c1c1cc(C(C)C)ccc1n2-c1ccccc1. The zero-order chi connectivity index (χ0) is 16.0. The monoisotopic (exact) mass is 299 g/mol. The van der Waals surface area contributed by atoms with Crippen LogP contribution in [0.3, 0.4) is 0 Å². The Hall–Kier alpha value is -2.54. The zero-order valence-electron chi connectivity index (χ0n) is 13.9. The number of hydrogen-bond donors (Lipinski definition) is 0. The fourth-order valence-corrected chi connectivity index (χ4v) is 3.48. The molecule has 4 rings (SSSR count). The largest absolute Gasteiger partial charge is 0.309 e. The van der Waals surface area contributed by atoms with Gasteiger partial charge in [-0.25, -0.2) is 0 Å². The number of benzene rings is 3. The molecule has 1 nitrogen and oxygen atoms in total. The van der Waals surface area contributed by atoms with E-state index in [0.29, 0.717) is 5.92 Å². The van der Waals surface area contributed by atoms with Gasteiger partial charge in [0.2, 0.25) is 0 Å². The topological polar surface area (TPSA) is 4.93 Å². The summed E-state index contributed by atoms with van der Waals surface area (Å²) in [5.41, 5.74) is 6.52. The van der Waals surface area contributed by atoms with E-state index in [4.69, 9.17) is 0 Å². The van der Waals surface area contributed by atoms with Crippen molar-refractivity contribution in [3.63, 3.8) is 0 Å². The minimum absolute atomic E-state index is 0.540. The summed E-state index contributed by atoms with van der Waals surface area (Å²) in [6.07, 6.45) is 0. The van der Waals surface area contributed by atoms with Gasteiger partial charge in [-0.2, -0.15) is 0 Å². The van der Waals surface area contributed by atoms with Crippen LogP contribution in [0.5, 0.6) is 0 Å². The molecule has 23 heavy (non-hydrogen) atoms. The van der Waals surface area contributed by atoms with Crippen LogP contribution in [0.15, 0.2) is 66.7 Å². The molecule has 0 saturated heterocycles. The van der Waals surface area contributed by atoms with E-state index in [1.807, 2.05) is 0 Å². The van der Waals surface area contributed by atoms with E-state index >= 15 is 0 Å². The van der Waals surface area contributed by atoms with E-state index in [1.54, 1.807) is 0 Å². The average molecular weight is 299 g/mol. The Balaban J connectivity index is 2.18. The first kappa shape index (κ1) is 14.1. The first-order valence-electron chi connectivity index (χ1n) is 8.26. The molecular weight excluding hydrogens is 278 g/mol. The molecule has 0 N–H and O–H groups in total. The third kappa shape index (κ3) is 2.16. The third-order valence-corrected chi connectivity index (χ3v) is 4.70. The van der Waals surface area contributed by atoms with Crippen molar-refractivity contribution in [3.8, 4) is 5.69 Å². The Morgan fingerprint density at radius 3 is 2.30 bits per heavy atom. The lowest BCUT2D eigenvalue weighted by atomic mass is 9.99. The van der Waals surface area contributed by atoms with E-state index in [2.05, 4.69) is 92.1 Å². The predicted molar refractivity (Wildman–Crippen MR) is 99.6 cm³/mol. The highest BCUT2D eigenvalue weighted by molar-refractivity contribution is 6.11. The molecule has 4 aromatic rings. The van der Waals surface area contributed by atoms with E-state index in [0.717, 1.165) is 0 Å². The summed E-state index contributed by atoms with van der Waals surface area (Å²) >= 11 is 0. The molecule has 0 amide bonds. The zero-order valence-corrected chi connectivity index (χ0v) is 13.9. The molecular formula is C22H21N. The summed E-state index contributed by atoms with van der Waals surface area (Å²) in [6.45, 7) is 6.72. The molecule has 0 saturated carbocycles. The standard InChI is InChI=1S/C22H21N/c1-15(2)17-12-13-20-19(14-17)22-16(3)8-7-11-21(22)23(20)18-9-5-4-6-10-18/h4-15H,1-3H3. The molecule has 0 bridgehead atoms. The second-order valence-corrected chi connectivity index (χ2v) is 6.57. The normalized spacial score (nSPS) is 11.7. The lowest BCUT2D eigenvalue weighted by molar-refractivity contribution is 0.868. The van der Waals surface area contributed by atoms with Crippen molar-refractivity contribution in [2.24, 2.45) is 0 Å². The smallest absolute Gasteiger partial charge is 0.0543 e. The van der Waals surface area contributed by atoms with Gasteiger partial charge in [0.1, 0.15) is 0 Å². The number of aromatic nitrogens is 1. The van der Waals surface area contributed by atoms with Crippen molar-refractivity contribution in [2.75, 3.05) is 0 Å². The molecule has 0 radical (unpaired) electrons. The molecule has 0 unspecified atom stereocenters. The van der Waals surface area contributed by atoms with Gasteiger partial charge in [-0.05, 0) is 54.3 Å². The number of para-hydroxylation sites is 1. The van der Waals surface area contributed by atoms with Gasteiger partial charge in [-0.15, -0.1) is 0 Å². The van der Waals surface area contributed by atoms with E-state index in [-0.39, 0.29) is 0 Å². The fraction of sp³-hybridized carbons (Fsp3) is 0.182. The number of nitrogens with zero attached hydrogens (tertiary/aromatic N) is 1. The Labute approximate surface area is 137 Å². The molecule has 0 aliphatic carbocycles. The van der Waals surface area contributed by atoms with Gasteiger partial charge in [0.05, 0.1) is 11.0 Å². The molecule has 0 fully saturated rings. The van der Waals surface area contributed by atoms with Crippen molar-refractivity contribution in [1.82, 2.24) is 4.57 Å². The molecule has 114 valence electrons. The molecule has 1 heteroatoms. The molecule has 3 aromatic carbocycles. The van der Waals surface area contributed by atoms with Gasteiger partial charge in [0, 0.05) is 16.5 Å². The lowest BCUT2D eigenvalue weighted by Gasteiger charge is -2.09. The maximum absolute atomic E-state index is 2.38. The minimum atomic E-state index is 0.540. The van der Waals surface area contributed by atoms with E-state index < -0.39 is 0 Å². The molecule has 0 aliphatic rings. The highest BCUT2D eigenvalue weighted by atomic mass is 15.0. The number of hydrogen-bond acceptors (Lipinski definition) is 0. The quantitative estimate of drug-likeness (QED) is 0.414. The second kappa shape index (κ2) is 5.27. The van der Waals surface area contributed by atoms with Gasteiger partial charge in [0.15, 0.2) is 0 Å². The summed E-state index contributed by atoms with van der Waals surface area (Å²) in [7, 11) is 0. The predicted octanol–water partition coefficient (Wildman–Crippen LogP) is 6.22. The maximum Gasteiger partial charge on any atom is 0.0543 e. The van der Waals surface area contributed by atoms with Gasteiger partial charge >= 0.3 is 0 Å². The number of fused-ring (bicyclic) bond motifs is 3. The highest BCUT2D eigenvalue weighted by Gasteiger charge is 2.14. The Kier molecular flexibility index (Phi) is 3.23. The van der Waals surface area contributed by atoms with E-state index in [1.165, 1.54) is 38.6 Å². The first-order valence-corrected chi connectivity index (χ1v) is 8.26. The van der Waals surface area contributed by atoms with Crippen LogP contribution >= 0.6 is 0 Å².